The maximum atomic E-state index is 6.67. The van der Waals surface area contributed by atoms with Crippen LogP contribution in [0.25, 0.3) is 0 Å². The maximum absolute atomic E-state index is 6.67. The van der Waals surface area contributed by atoms with E-state index in [1.54, 1.807) is 7.11 Å². The van der Waals surface area contributed by atoms with E-state index in [1.165, 1.54) is 19.3 Å². The van der Waals surface area contributed by atoms with Gasteiger partial charge in [-0.2, -0.15) is 0 Å². The van der Waals surface area contributed by atoms with Gasteiger partial charge < -0.3 is 4.74 Å². The molecule has 2 aliphatic carbocycles. The first-order valence-corrected chi connectivity index (χ1v) is 7.88. The molecule has 0 amide bonds. The summed E-state index contributed by atoms with van der Waals surface area (Å²) in [6.45, 7) is 0. The van der Waals surface area contributed by atoms with E-state index in [1.807, 2.05) is 12.1 Å². The Morgan fingerprint density at radius 3 is 2.56 bits per heavy atom. The number of alkyl halides is 1. The van der Waals surface area contributed by atoms with Crippen LogP contribution in [-0.2, 0) is 0 Å². The molecule has 3 atom stereocenters. The molecule has 1 nitrogen and oxygen atoms in total. The minimum atomic E-state index is 0.00255. The summed E-state index contributed by atoms with van der Waals surface area (Å²) >= 11 is 16.3. The summed E-state index contributed by atoms with van der Waals surface area (Å²) in [6, 6.07) is 3.78. The first-order chi connectivity index (χ1) is 8.60. The summed E-state index contributed by atoms with van der Waals surface area (Å²) in [7, 11) is 1.67. The SMILES string of the molecule is COc1c(Br)cc(Cl)cc1C(Cl)C1CC2CC2C1. The second kappa shape index (κ2) is 4.88. The smallest absolute Gasteiger partial charge is 0.137 e. The van der Waals surface area contributed by atoms with Crippen molar-refractivity contribution in [2.24, 2.45) is 17.8 Å². The lowest BCUT2D eigenvalue weighted by Crippen LogP contribution is -2.08. The monoisotopic (exact) mass is 348 g/mol. The Morgan fingerprint density at radius 1 is 1.28 bits per heavy atom. The van der Waals surface area contributed by atoms with Gasteiger partial charge in [0.15, 0.2) is 0 Å². The Morgan fingerprint density at radius 2 is 1.94 bits per heavy atom. The molecular weight excluding hydrogens is 335 g/mol. The van der Waals surface area contributed by atoms with E-state index in [-0.39, 0.29) is 5.38 Å². The highest BCUT2D eigenvalue weighted by atomic mass is 79.9. The number of hydrogen-bond donors (Lipinski definition) is 0. The molecule has 0 heterocycles. The molecule has 0 spiro atoms. The van der Waals surface area contributed by atoms with Crippen LogP contribution >= 0.6 is 39.1 Å². The Kier molecular flexibility index (Phi) is 3.55. The lowest BCUT2D eigenvalue weighted by molar-refractivity contribution is 0.395. The zero-order valence-electron chi connectivity index (χ0n) is 10.1. The molecule has 18 heavy (non-hydrogen) atoms. The second-order valence-corrected chi connectivity index (χ2v) is 7.16. The van der Waals surface area contributed by atoms with E-state index in [0.29, 0.717) is 10.9 Å². The van der Waals surface area contributed by atoms with E-state index < -0.39 is 0 Å². The summed E-state index contributed by atoms with van der Waals surface area (Å²) in [5.74, 6) is 3.25. The number of halogens is 3. The van der Waals surface area contributed by atoms with Crippen LogP contribution in [0.2, 0.25) is 5.02 Å². The molecule has 0 radical (unpaired) electrons. The van der Waals surface area contributed by atoms with Gasteiger partial charge in [-0.05, 0) is 65.1 Å². The van der Waals surface area contributed by atoms with Crippen LogP contribution in [0.15, 0.2) is 16.6 Å². The van der Waals surface area contributed by atoms with E-state index >= 15 is 0 Å². The number of methoxy groups -OCH3 is 1. The fraction of sp³-hybridized carbons (Fsp3) is 0.571. The van der Waals surface area contributed by atoms with Gasteiger partial charge in [-0.15, -0.1) is 11.6 Å². The fourth-order valence-corrected chi connectivity index (χ4v) is 4.62. The van der Waals surface area contributed by atoms with Crippen molar-refractivity contribution in [2.45, 2.75) is 24.6 Å². The van der Waals surface area contributed by atoms with Crippen molar-refractivity contribution >= 4 is 39.1 Å². The third kappa shape index (κ3) is 2.28. The number of ether oxygens (including phenoxy) is 1. The maximum Gasteiger partial charge on any atom is 0.137 e. The quantitative estimate of drug-likeness (QED) is 0.660. The van der Waals surface area contributed by atoms with Crippen molar-refractivity contribution in [1.29, 1.82) is 0 Å². The summed E-state index contributed by atoms with van der Waals surface area (Å²) < 4.78 is 6.34. The predicted octanol–water partition coefficient (Wildman–Crippen LogP) is 5.44. The largest absolute Gasteiger partial charge is 0.495 e. The van der Waals surface area contributed by atoms with Crippen LogP contribution < -0.4 is 4.74 Å². The third-order valence-electron chi connectivity index (χ3n) is 4.23. The van der Waals surface area contributed by atoms with Crippen LogP contribution in [0.5, 0.6) is 5.75 Å². The molecule has 0 bridgehead atoms. The normalized spacial score (nSPS) is 31.0. The van der Waals surface area contributed by atoms with Gasteiger partial charge in [-0.25, -0.2) is 0 Å². The summed E-state index contributed by atoms with van der Waals surface area (Å²) in [5, 5.41) is 0.703. The molecule has 0 saturated heterocycles. The van der Waals surface area contributed by atoms with Gasteiger partial charge in [0.05, 0.1) is 17.0 Å². The van der Waals surface area contributed by atoms with Gasteiger partial charge >= 0.3 is 0 Å². The van der Waals surface area contributed by atoms with Crippen molar-refractivity contribution in [3.05, 3.63) is 27.2 Å². The standard InChI is InChI=1S/C14H15BrCl2O/c1-18-14-11(5-10(16)6-12(14)15)13(17)9-3-7-2-8(7)4-9/h5-9,13H,2-4H2,1H3. The van der Waals surface area contributed by atoms with Crippen molar-refractivity contribution in [2.75, 3.05) is 7.11 Å². The minimum Gasteiger partial charge on any atom is -0.495 e. The molecule has 4 heteroatoms. The van der Waals surface area contributed by atoms with E-state index in [4.69, 9.17) is 27.9 Å². The number of hydrogen-bond acceptors (Lipinski definition) is 1. The first kappa shape index (κ1) is 13.1. The second-order valence-electron chi connectivity index (χ2n) is 5.40. The van der Waals surface area contributed by atoms with Gasteiger partial charge in [-0.1, -0.05) is 11.6 Å². The summed E-state index contributed by atoms with van der Waals surface area (Å²) in [4.78, 5) is 0. The van der Waals surface area contributed by atoms with Crippen LogP contribution in [0, 0.1) is 17.8 Å². The Hall–Kier alpha value is 0.0800. The highest BCUT2D eigenvalue weighted by Crippen LogP contribution is 2.59. The van der Waals surface area contributed by atoms with Gasteiger partial charge in [0, 0.05) is 10.6 Å². The minimum absolute atomic E-state index is 0.00255. The van der Waals surface area contributed by atoms with Crippen LogP contribution in [-0.4, -0.2) is 7.11 Å². The topological polar surface area (TPSA) is 9.23 Å². The molecule has 3 unspecified atom stereocenters. The van der Waals surface area contributed by atoms with Gasteiger partial charge in [0.1, 0.15) is 5.75 Å². The van der Waals surface area contributed by atoms with Crippen LogP contribution in [0.1, 0.15) is 30.2 Å². The average Bonchev–Trinajstić information content (AvgIpc) is 2.94. The van der Waals surface area contributed by atoms with E-state index in [2.05, 4.69) is 15.9 Å². The lowest BCUT2D eigenvalue weighted by atomic mass is 9.93. The number of benzene rings is 1. The zero-order chi connectivity index (χ0) is 12.9. The van der Waals surface area contributed by atoms with Crippen molar-refractivity contribution in [3.63, 3.8) is 0 Å². The molecule has 1 aromatic rings. The molecule has 0 aromatic heterocycles. The molecule has 2 aliphatic rings. The molecule has 3 rings (SSSR count). The number of fused-ring (bicyclic) bond motifs is 1. The average molecular weight is 350 g/mol. The summed E-state index contributed by atoms with van der Waals surface area (Å²) in [5.41, 5.74) is 1.02. The molecule has 98 valence electrons. The van der Waals surface area contributed by atoms with Gasteiger partial charge in [0.25, 0.3) is 0 Å². The zero-order valence-corrected chi connectivity index (χ0v) is 13.2. The van der Waals surface area contributed by atoms with Crippen LogP contribution in [0.4, 0.5) is 0 Å². The Labute approximate surface area is 126 Å². The highest BCUT2D eigenvalue weighted by Gasteiger charge is 2.48. The Bertz CT molecular complexity index is 467. The van der Waals surface area contributed by atoms with E-state index in [9.17, 15) is 0 Å². The highest BCUT2D eigenvalue weighted by molar-refractivity contribution is 9.10. The lowest BCUT2D eigenvalue weighted by Gasteiger charge is -2.22. The summed E-state index contributed by atoms with van der Waals surface area (Å²) in [6.07, 6.45) is 3.93. The third-order valence-corrected chi connectivity index (χ3v) is 5.63. The van der Waals surface area contributed by atoms with Crippen molar-refractivity contribution < 1.29 is 4.74 Å². The first-order valence-electron chi connectivity index (χ1n) is 6.27. The van der Waals surface area contributed by atoms with Crippen molar-refractivity contribution in [3.8, 4) is 5.75 Å². The molecule has 1 aromatic carbocycles. The Balaban J connectivity index is 1.90. The molecule has 2 saturated carbocycles. The fourth-order valence-electron chi connectivity index (χ4n) is 3.25. The molecular formula is C14H15BrCl2O. The predicted molar refractivity (Wildman–Crippen MR) is 78.6 cm³/mol. The van der Waals surface area contributed by atoms with Crippen LogP contribution in [0.3, 0.4) is 0 Å². The van der Waals surface area contributed by atoms with Gasteiger partial charge in [0.2, 0.25) is 0 Å². The van der Waals surface area contributed by atoms with E-state index in [0.717, 1.165) is 27.6 Å². The van der Waals surface area contributed by atoms with Crippen molar-refractivity contribution in [1.82, 2.24) is 0 Å². The van der Waals surface area contributed by atoms with Gasteiger partial charge in [-0.3, -0.25) is 0 Å². The molecule has 0 aliphatic heterocycles. The molecule has 0 N–H and O–H groups in total. The number of rotatable bonds is 3. The molecule has 2 fully saturated rings.